The van der Waals surface area contributed by atoms with Crippen LogP contribution in [-0.4, -0.2) is 22.0 Å². The summed E-state index contributed by atoms with van der Waals surface area (Å²) in [4.78, 5) is 16.6. The Labute approximate surface area is 107 Å². The predicted octanol–water partition coefficient (Wildman–Crippen LogP) is 2.30. The molecule has 0 saturated carbocycles. The molecule has 0 aliphatic heterocycles. The highest BCUT2D eigenvalue weighted by molar-refractivity contribution is 5.84. The van der Waals surface area contributed by atoms with E-state index in [9.17, 15) is 4.79 Å². The van der Waals surface area contributed by atoms with Crippen LogP contribution in [0.4, 0.5) is 0 Å². The van der Waals surface area contributed by atoms with Crippen molar-refractivity contribution in [1.82, 2.24) is 14.9 Å². The van der Waals surface area contributed by atoms with Crippen LogP contribution in [0.2, 0.25) is 0 Å². The van der Waals surface area contributed by atoms with Crippen molar-refractivity contribution < 1.29 is 4.79 Å². The van der Waals surface area contributed by atoms with Crippen LogP contribution in [0, 0.1) is 0 Å². The summed E-state index contributed by atoms with van der Waals surface area (Å²) in [5.74, 6) is 0.991. The molecular weight excluding hydrogens is 226 g/mol. The third kappa shape index (κ3) is 2.10. The quantitative estimate of drug-likeness (QED) is 0.898. The van der Waals surface area contributed by atoms with Crippen molar-refractivity contribution in [3.05, 3.63) is 30.1 Å². The van der Waals surface area contributed by atoms with E-state index >= 15 is 0 Å². The Morgan fingerprint density at radius 3 is 2.78 bits per heavy atom. The van der Waals surface area contributed by atoms with E-state index < -0.39 is 0 Å². The van der Waals surface area contributed by atoms with Gasteiger partial charge in [0.25, 0.3) is 0 Å². The fourth-order valence-corrected chi connectivity index (χ4v) is 2.22. The summed E-state index contributed by atoms with van der Waals surface area (Å²) in [6, 6.07) is 7.71. The SMILES string of the molecule is CCNC(=O)C(C)n1c(CC)nc2ccccc21. The molecule has 0 fully saturated rings. The summed E-state index contributed by atoms with van der Waals surface area (Å²) < 4.78 is 2.03. The van der Waals surface area contributed by atoms with Gasteiger partial charge in [-0.1, -0.05) is 19.1 Å². The van der Waals surface area contributed by atoms with E-state index in [1.165, 1.54) is 0 Å². The number of hydrogen-bond acceptors (Lipinski definition) is 2. The lowest BCUT2D eigenvalue weighted by Gasteiger charge is -2.16. The third-order valence-corrected chi connectivity index (χ3v) is 3.10. The zero-order chi connectivity index (χ0) is 13.1. The molecular formula is C14H19N3O. The van der Waals surface area contributed by atoms with E-state index in [0.717, 1.165) is 23.3 Å². The molecule has 0 radical (unpaired) electrons. The molecule has 0 saturated heterocycles. The molecule has 1 aromatic heterocycles. The van der Waals surface area contributed by atoms with Gasteiger partial charge in [-0.15, -0.1) is 0 Å². The Kier molecular flexibility index (Phi) is 3.65. The third-order valence-electron chi connectivity index (χ3n) is 3.10. The molecule has 4 heteroatoms. The van der Waals surface area contributed by atoms with E-state index in [4.69, 9.17) is 0 Å². The first kappa shape index (κ1) is 12.6. The number of imidazole rings is 1. The summed E-state index contributed by atoms with van der Waals surface area (Å²) in [5.41, 5.74) is 1.97. The number of hydrogen-bond donors (Lipinski definition) is 1. The van der Waals surface area contributed by atoms with Crippen LogP contribution in [0.15, 0.2) is 24.3 Å². The van der Waals surface area contributed by atoms with Crippen molar-refractivity contribution in [2.75, 3.05) is 6.54 Å². The van der Waals surface area contributed by atoms with Crippen molar-refractivity contribution in [2.24, 2.45) is 0 Å². The van der Waals surface area contributed by atoms with Gasteiger partial charge in [0.05, 0.1) is 11.0 Å². The van der Waals surface area contributed by atoms with Gasteiger partial charge < -0.3 is 9.88 Å². The van der Waals surface area contributed by atoms with Crippen molar-refractivity contribution in [3.63, 3.8) is 0 Å². The first-order chi connectivity index (χ1) is 8.69. The number of aromatic nitrogens is 2. The fourth-order valence-electron chi connectivity index (χ4n) is 2.22. The zero-order valence-electron chi connectivity index (χ0n) is 11.1. The molecule has 0 spiro atoms. The number of benzene rings is 1. The molecule has 1 N–H and O–H groups in total. The minimum Gasteiger partial charge on any atom is -0.355 e. The van der Waals surface area contributed by atoms with Crippen molar-refractivity contribution in [3.8, 4) is 0 Å². The van der Waals surface area contributed by atoms with Crippen LogP contribution in [0.25, 0.3) is 11.0 Å². The van der Waals surface area contributed by atoms with Gasteiger partial charge >= 0.3 is 0 Å². The van der Waals surface area contributed by atoms with Gasteiger partial charge in [-0.2, -0.15) is 0 Å². The van der Waals surface area contributed by atoms with Crippen LogP contribution in [-0.2, 0) is 11.2 Å². The average Bonchev–Trinajstić information content (AvgIpc) is 2.76. The number of amides is 1. The van der Waals surface area contributed by atoms with Gasteiger partial charge in [-0.05, 0) is 26.0 Å². The summed E-state index contributed by atoms with van der Waals surface area (Å²) in [6.45, 7) is 6.55. The van der Waals surface area contributed by atoms with E-state index in [1.807, 2.05) is 42.7 Å². The van der Waals surface area contributed by atoms with Gasteiger partial charge in [-0.25, -0.2) is 4.98 Å². The minimum absolute atomic E-state index is 0.0374. The lowest BCUT2D eigenvalue weighted by atomic mass is 10.2. The number of carbonyl (C=O) groups is 1. The Balaban J connectivity index is 2.50. The predicted molar refractivity (Wildman–Crippen MR) is 72.5 cm³/mol. The molecule has 0 aliphatic rings. The summed E-state index contributed by atoms with van der Waals surface area (Å²) in [7, 11) is 0. The number of likely N-dealkylation sites (N-methyl/N-ethyl adjacent to an activating group) is 1. The topological polar surface area (TPSA) is 46.9 Å². The van der Waals surface area contributed by atoms with Crippen LogP contribution in [0.5, 0.6) is 0 Å². The molecule has 2 aromatic rings. The number of nitrogens with zero attached hydrogens (tertiary/aromatic N) is 2. The van der Waals surface area contributed by atoms with Crippen LogP contribution in [0.1, 0.15) is 32.6 Å². The maximum Gasteiger partial charge on any atom is 0.242 e. The summed E-state index contributed by atoms with van der Waals surface area (Å²) >= 11 is 0. The van der Waals surface area contributed by atoms with Crippen LogP contribution < -0.4 is 5.32 Å². The average molecular weight is 245 g/mol. The molecule has 1 heterocycles. The number of nitrogens with one attached hydrogen (secondary N) is 1. The lowest BCUT2D eigenvalue weighted by molar-refractivity contribution is -0.123. The second kappa shape index (κ2) is 5.21. The molecule has 96 valence electrons. The van der Waals surface area contributed by atoms with E-state index in [1.54, 1.807) is 0 Å². The molecule has 18 heavy (non-hydrogen) atoms. The first-order valence-corrected chi connectivity index (χ1v) is 6.42. The number of aryl methyl sites for hydroxylation is 1. The van der Waals surface area contributed by atoms with E-state index in [-0.39, 0.29) is 11.9 Å². The summed E-state index contributed by atoms with van der Waals surface area (Å²) in [6.07, 6.45) is 0.818. The maximum absolute atomic E-state index is 12.0. The Bertz CT molecular complexity index is 559. The molecule has 4 nitrogen and oxygen atoms in total. The molecule has 0 aliphatic carbocycles. The Morgan fingerprint density at radius 1 is 1.39 bits per heavy atom. The van der Waals surface area contributed by atoms with Gasteiger partial charge in [0.1, 0.15) is 11.9 Å². The highest BCUT2D eigenvalue weighted by Crippen LogP contribution is 2.21. The molecule has 2 rings (SSSR count). The Hall–Kier alpha value is -1.84. The largest absolute Gasteiger partial charge is 0.355 e. The number of carbonyl (C=O) groups excluding carboxylic acids is 1. The molecule has 1 unspecified atom stereocenters. The molecule has 1 atom stereocenters. The van der Waals surface area contributed by atoms with Crippen LogP contribution >= 0.6 is 0 Å². The monoisotopic (exact) mass is 245 g/mol. The summed E-state index contributed by atoms with van der Waals surface area (Å²) in [5, 5.41) is 2.86. The standard InChI is InChI=1S/C14H19N3O/c1-4-13-16-11-8-6-7-9-12(11)17(13)10(3)14(18)15-5-2/h6-10H,4-5H2,1-3H3,(H,15,18). The second-order valence-corrected chi connectivity index (χ2v) is 4.31. The van der Waals surface area contributed by atoms with Crippen LogP contribution in [0.3, 0.4) is 0 Å². The van der Waals surface area contributed by atoms with Gasteiger partial charge in [0, 0.05) is 13.0 Å². The normalized spacial score (nSPS) is 12.6. The van der Waals surface area contributed by atoms with Gasteiger partial charge in [0.15, 0.2) is 0 Å². The Morgan fingerprint density at radius 2 is 2.11 bits per heavy atom. The fraction of sp³-hybridized carbons (Fsp3) is 0.429. The van der Waals surface area contributed by atoms with E-state index in [2.05, 4.69) is 17.2 Å². The number of para-hydroxylation sites is 2. The zero-order valence-corrected chi connectivity index (χ0v) is 11.1. The highest BCUT2D eigenvalue weighted by Gasteiger charge is 2.19. The maximum atomic E-state index is 12.0. The highest BCUT2D eigenvalue weighted by atomic mass is 16.2. The first-order valence-electron chi connectivity index (χ1n) is 6.42. The molecule has 0 bridgehead atoms. The van der Waals surface area contributed by atoms with Gasteiger partial charge in [0.2, 0.25) is 5.91 Å². The van der Waals surface area contributed by atoms with Crippen molar-refractivity contribution >= 4 is 16.9 Å². The number of rotatable bonds is 4. The van der Waals surface area contributed by atoms with Crippen molar-refractivity contribution in [1.29, 1.82) is 0 Å². The minimum atomic E-state index is -0.229. The molecule has 1 amide bonds. The second-order valence-electron chi connectivity index (χ2n) is 4.31. The van der Waals surface area contributed by atoms with E-state index in [0.29, 0.717) is 6.54 Å². The van der Waals surface area contributed by atoms with Crippen molar-refractivity contribution in [2.45, 2.75) is 33.2 Å². The lowest BCUT2D eigenvalue weighted by Crippen LogP contribution is -2.31. The van der Waals surface area contributed by atoms with Gasteiger partial charge in [-0.3, -0.25) is 4.79 Å². The number of fused-ring (bicyclic) bond motifs is 1. The molecule has 1 aromatic carbocycles. The smallest absolute Gasteiger partial charge is 0.242 e.